The molecule has 2 heterocycles. The van der Waals surface area contributed by atoms with E-state index in [9.17, 15) is 10.5 Å². The van der Waals surface area contributed by atoms with Gasteiger partial charge in [0.2, 0.25) is 0 Å². The van der Waals surface area contributed by atoms with E-state index >= 15 is 0 Å². The zero-order chi connectivity index (χ0) is 28.2. The molecule has 194 valence electrons. The molecule has 0 amide bonds. The van der Waals surface area contributed by atoms with Crippen LogP contribution in [0, 0.1) is 22.7 Å². The molecule has 42 heavy (non-hydrogen) atoms. The molecule has 6 aromatic carbocycles. The fourth-order valence-electron chi connectivity index (χ4n) is 6.05. The first-order chi connectivity index (χ1) is 20.7. The summed E-state index contributed by atoms with van der Waals surface area (Å²) in [6.45, 7) is 0. The lowest BCUT2D eigenvalue weighted by Gasteiger charge is -2.17. The van der Waals surface area contributed by atoms with Crippen molar-refractivity contribution in [2.45, 2.75) is 0 Å². The number of nitriles is 2. The molecule has 2 aromatic heterocycles. The van der Waals surface area contributed by atoms with Crippen LogP contribution in [0.3, 0.4) is 0 Å². The first kappa shape index (κ1) is 23.8. The number of nitrogens with zero attached hydrogens (tertiary/aromatic N) is 2. The lowest BCUT2D eigenvalue weighted by molar-refractivity contribution is 0.668. The summed E-state index contributed by atoms with van der Waals surface area (Å²) in [5, 5.41) is 25.2. The van der Waals surface area contributed by atoms with Gasteiger partial charge in [-0.15, -0.1) is 0 Å². The van der Waals surface area contributed by atoms with Crippen molar-refractivity contribution < 1.29 is 8.83 Å². The molecule has 8 aromatic rings. The van der Waals surface area contributed by atoms with Crippen LogP contribution in [-0.4, -0.2) is 0 Å². The summed E-state index contributed by atoms with van der Waals surface area (Å²) in [6, 6.07) is 44.5. The van der Waals surface area contributed by atoms with Crippen molar-refractivity contribution in [1.29, 1.82) is 10.5 Å². The van der Waals surface area contributed by atoms with Gasteiger partial charge in [-0.1, -0.05) is 78.9 Å². The SMILES string of the molecule is N#Cc1c(-c2ccc3oc4ccccc4c3c2)cc(-c2ccc3oc4ccccc4c3c2)c(C#N)c1-c1ccccc1. The van der Waals surface area contributed by atoms with Crippen LogP contribution in [0.1, 0.15) is 11.1 Å². The van der Waals surface area contributed by atoms with Gasteiger partial charge >= 0.3 is 0 Å². The maximum absolute atomic E-state index is 10.6. The highest BCUT2D eigenvalue weighted by Gasteiger charge is 2.23. The number of furan rings is 2. The third-order valence-corrected chi connectivity index (χ3v) is 7.99. The maximum atomic E-state index is 10.6. The topological polar surface area (TPSA) is 73.9 Å². The molecule has 0 radical (unpaired) electrons. The smallest absolute Gasteiger partial charge is 0.135 e. The van der Waals surface area contributed by atoms with Crippen LogP contribution in [-0.2, 0) is 0 Å². The van der Waals surface area contributed by atoms with Crippen LogP contribution in [0.2, 0.25) is 0 Å². The molecule has 0 aliphatic rings. The molecule has 0 fully saturated rings. The summed E-state index contributed by atoms with van der Waals surface area (Å²) in [6.07, 6.45) is 0. The van der Waals surface area contributed by atoms with E-state index in [1.807, 2.05) is 109 Å². The van der Waals surface area contributed by atoms with Crippen LogP contribution < -0.4 is 0 Å². The minimum absolute atomic E-state index is 0.462. The van der Waals surface area contributed by atoms with E-state index in [-0.39, 0.29) is 0 Å². The normalized spacial score (nSPS) is 11.3. The fourth-order valence-corrected chi connectivity index (χ4v) is 6.05. The third-order valence-electron chi connectivity index (χ3n) is 7.99. The van der Waals surface area contributed by atoms with Crippen molar-refractivity contribution in [3.8, 4) is 45.5 Å². The highest BCUT2D eigenvalue weighted by Crippen LogP contribution is 2.43. The third kappa shape index (κ3) is 3.53. The van der Waals surface area contributed by atoms with E-state index in [1.165, 1.54) is 0 Å². The summed E-state index contributed by atoms with van der Waals surface area (Å²) in [4.78, 5) is 0. The van der Waals surface area contributed by atoms with Gasteiger partial charge in [-0.2, -0.15) is 10.5 Å². The van der Waals surface area contributed by atoms with Crippen LogP contribution in [0.5, 0.6) is 0 Å². The second kappa shape index (κ2) is 9.24. The summed E-state index contributed by atoms with van der Waals surface area (Å²) in [7, 11) is 0. The van der Waals surface area contributed by atoms with Crippen molar-refractivity contribution >= 4 is 43.9 Å². The molecule has 0 saturated heterocycles. The van der Waals surface area contributed by atoms with Gasteiger partial charge in [0.05, 0.1) is 11.1 Å². The van der Waals surface area contributed by atoms with Crippen molar-refractivity contribution in [3.05, 3.63) is 132 Å². The number of hydrogen-bond acceptors (Lipinski definition) is 4. The number of fused-ring (bicyclic) bond motifs is 6. The summed E-state index contributed by atoms with van der Waals surface area (Å²) < 4.78 is 12.1. The number of hydrogen-bond donors (Lipinski definition) is 0. The quantitative estimate of drug-likeness (QED) is 0.225. The van der Waals surface area contributed by atoms with E-state index in [0.717, 1.165) is 71.7 Å². The van der Waals surface area contributed by atoms with E-state index in [2.05, 4.69) is 24.3 Å². The Morgan fingerprint density at radius 3 is 1.36 bits per heavy atom. The molecular formula is C38H20N2O2. The molecule has 8 rings (SSSR count). The van der Waals surface area contributed by atoms with Gasteiger partial charge in [-0.05, 0) is 59.2 Å². The molecular weight excluding hydrogens is 516 g/mol. The first-order valence-corrected chi connectivity index (χ1v) is 13.6. The summed E-state index contributed by atoms with van der Waals surface area (Å²) >= 11 is 0. The van der Waals surface area contributed by atoms with Crippen molar-refractivity contribution in [2.24, 2.45) is 0 Å². The molecule has 0 bridgehead atoms. The van der Waals surface area contributed by atoms with E-state index in [0.29, 0.717) is 16.7 Å². The van der Waals surface area contributed by atoms with Crippen LogP contribution in [0.25, 0.3) is 77.3 Å². The van der Waals surface area contributed by atoms with Crippen LogP contribution >= 0.6 is 0 Å². The molecule has 4 nitrogen and oxygen atoms in total. The van der Waals surface area contributed by atoms with Gasteiger partial charge in [-0.3, -0.25) is 0 Å². The molecule has 0 N–H and O–H groups in total. The summed E-state index contributed by atoms with van der Waals surface area (Å²) in [5.41, 5.74) is 8.84. The molecule has 0 atom stereocenters. The van der Waals surface area contributed by atoms with E-state index in [1.54, 1.807) is 0 Å². The van der Waals surface area contributed by atoms with Gasteiger partial charge in [0, 0.05) is 38.2 Å². The Hall–Kier alpha value is -6.10. The van der Waals surface area contributed by atoms with Gasteiger partial charge in [0.15, 0.2) is 0 Å². The Bertz CT molecular complexity index is 2280. The Kier molecular flexibility index (Phi) is 5.22. The number of para-hydroxylation sites is 2. The fraction of sp³-hybridized carbons (Fsp3) is 0. The first-order valence-electron chi connectivity index (χ1n) is 13.6. The zero-order valence-corrected chi connectivity index (χ0v) is 22.3. The average molecular weight is 537 g/mol. The highest BCUT2D eigenvalue weighted by molar-refractivity contribution is 6.08. The van der Waals surface area contributed by atoms with Crippen molar-refractivity contribution in [2.75, 3.05) is 0 Å². The molecule has 0 saturated carbocycles. The number of rotatable bonds is 3. The Labute approximate surface area is 240 Å². The lowest BCUT2D eigenvalue weighted by atomic mass is 9.83. The van der Waals surface area contributed by atoms with Crippen molar-refractivity contribution in [1.82, 2.24) is 0 Å². The second-order valence-corrected chi connectivity index (χ2v) is 10.3. The Morgan fingerprint density at radius 1 is 0.405 bits per heavy atom. The molecule has 0 aliphatic heterocycles. The second-order valence-electron chi connectivity index (χ2n) is 10.3. The number of benzene rings is 6. The van der Waals surface area contributed by atoms with Gasteiger partial charge in [0.1, 0.15) is 34.5 Å². The van der Waals surface area contributed by atoms with Gasteiger partial charge in [0.25, 0.3) is 0 Å². The highest BCUT2D eigenvalue weighted by atomic mass is 16.3. The van der Waals surface area contributed by atoms with Crippen LogP contribution in [0.4, 0.5) is 0 Å². The average Bonchev–Trinajstić information content (AvgIpc) is 3.61. The largest absolute Gasteiger partial charge is 0.456 e. The standard InChI is InChI=1S/C38H20N2O2/c39-21-32-28(24-14-16-36-30(18-24)26-10-4-6-12-34(26)41-36)20-29(33(22-40)38(32)23-8-2-1-3-9-23)25-15-17-37-31(19-25)27-11-5-7-13-35(27)42-37/h1-20H. The predicted octanol–water partition coefficient (Wildman–Crippen LogP) is 10.2. The monoisotopic (exact) mass is 536 g/mol. The van der Waals surface area contributed by atoms with E-state index in [4.69, 9.17) is 8.83 Å². The maximum Gasteiger partial charge on any atom is 0.135 e. The summed E-state index contributed by atoms with van der Waals surface area (Å²) in [5.74, 6) is 0. The predicted molar refractivity (Wildman–Crippen MR) is 167 cm³/mol. The van der Waals surface area contributed by atoms with Gasteiger partial charge < -0.3 is 8.83 Å². The zero-order valence-electron chi connectivity index (χ0n) is 22.3. The van der Waals surface area contributed by atoms with Crippen molar-refractivity contribution in [3.63, 3.8) is 0 Å². The minimum atomic E-state index is 0.462. The minimum Gasteiger partial charge on any atom is -0.456 e. The Balaban J connectivity index is 1.46. The molecule has 4 heteroatoms. The van der Waals surface area contributed by atoms with Crippen LogP contribution in [0.15, 0.2) is 130 Å². The molecule has 0 aliphatic carbocycles. The van der Waals surface area contributed by atoms with Gasteiger partial charge in [-0.25, -0.2) is 0 Å². The van der Waals surface area contributed by atoms with E-state index < -0.39 is 0 Å². The lowest BCUT2D eigenvalue weighted by Crippen LogP contribution is -1.98. The Morgan fingerprint density at radius 2 is 0.857 bits per heavy atom. The molecule has 0 unspecified atom stereocenters. The molecule has 0 spiro atoms.